The molecule has 134 valence electrons. The van der Waals surface area contributed by atoms with E-state index in [9.17, 15) is 9.00 Å². The molecule has 2 fully saturated rings. The third kappa shape index (κ3) is 4.47. The molecule has 1 aliphatic carbocycles. The van der Waals surface area contributed by atoms with E-state index >= 15 is 0 Å². The predicted octanol–water partition coefficient (Wildman–Crippen LogP) is 3.07. The molecule has 1 amide bonds. The molecule has 1 N–H and O–H groups in total. The zero-order valence-electron chi connectivity index (χ0n) is 15.6. The van der Waals surface area contributed by atoms with Gasteiger partial charge < -0.3 is 9.64 Å². The Morgan fingerprint density at radius 1 is 1.22 bits per heavy atom. The SMILES string of the molecule is C[C@H](NS(=O)C(C)(C)C)C1CC2(C1)CN(C(=O)OC(C)(C)C)C2. The molecule has 2 aliphatic rings. The number of carbonyl (C=O) groups is 1. The highest BCUT2D eigenvalue weighted by molar-refractivity contribution is 7.84. The Morgan fingerprint density at radius 2 is 1.74 bits per heavy atom. The van der Waals surface area contributed by atoms with Crippen LogP contribution in [0.2, 0.25) is 0 Å². The minimum Gasteiger partial charge on any atom is -0.444 e. The fourth-order valence-corrected chi connectivity index (χ4v) is 4.21. The minimum absolute atomic E-state index is 0.202. The third-order valence-corrected chi connectivity index (χ3v) is 6.35. The van der Waals surface area contributed by atoms with Gasteiger partial charge in [-0.25, -0.2) is 13.7 Å². The molecule has 0 aromatic carbocycles. The summed E-state index contributed by atoms with van der Waals surface area (Å²) >= 11 is 0. The standard InChI is InChI=1S/C17H32N2O3S/c1-12(18-23(21)16(5,6)7)13-8-17(9-13)10-19(11-17)14(20)22-15(2,3)4/h12-13,18H,8-11H2,1-7H3/t12-,23?/m0/s1. The van der Waals surface area contributed by atoms with Crippen molar-refractivity contribution >= 4 is 17.1 Å². The second-order valence-electron chi connectivity index (χ2n) is 9.29. The van der Waals surface area contributed by atoms with E-state index in [0.29, 0.717) is 5.92 Å². The molecule has 1 saturated heterocycles. The first-order valence-corrected chi connectivity index (χ1v) is 9.62. The average Bonchev–Trinajstić information content (AvgIpc) is 2.20. The van der Waals surface area contributed by atoms with Crippen LogP contribution in [0.25, 0.3) is 0 Å². The molecule has 1 unspecified atom stereocenters. The molecule has 0 aromatic heterocycles. The molecule has 0 radical (unpaired) electrons. The van der Waals surface area contributed by atoms with Crippen molar-refractivity contribution in [3.05, 3.63) is 0 Å². The van der Waals surface area contributed by atoms with Crippen LogP contribution in [-0.2, 0) is 15.7 Å². The number of ether oxygens (including phenoxy) is 1. The van der Waals surface area contributed by atoms with E-state index in [-0.39, 0.29) is 22.3 Å². The largest absolute Gasteiger partial charge is 0.444 e. The summed E-state index contributed by atoms with van der Waals surface area (Å²) in [4.78, 5) is 13.8. The van der Waals surface area contributed by atoms with Crippen LogP contribution in [0.4, 0.5) is 4.79 Å². The molecule has 5 nitrogen and oxygen atoms in total. The molecule has 1 heterocycles. The van der Waals surface area contributed by atoms with Crippen molar-refractivity contribution in [2.45, 2.75) is 77.7 Å². The molecule has 2 atom stereocenters. The van der Waals surface area contributed by atoms with E-state index < -0.39 is 16.6 Å². The van der Waals surface area contributed by atoms with Crippen molar-refractivity contribution in [2.75, 3.05) is 13.1 Å². The lowest BCUT2D eigenvalue weighted by Gasteiger charge is -2.60. The van der Waals surface area contributed by atoms with Crippen LogP contribution in [-0.4, -0.2) is 44.7 Å². The van der Waals surface area contributed by atoms with Crippen molar-refractivity contribution in [3.63, 3.8) is 0 Å². The Bertz CT molecular complexity index is 479. The number of amides is 1. The molecule has 1 spiro atoms. The van der Waals surface area contributed by atoms with Gasteiger partial charge in [-0.2, -0.15) is 0 Å². The van der Waals surface area contributed by atoms with Gasteiger partial charge in [-0.1, -0.05) is 0 Å². The lowest BCUT2D eigenvalue weighted by Crippen LogP contribution is -2.66. The molecular formula is C17H32N2O3S. The number of rotatable bonds is 3. The summed E-state index contributed by atoms with van der Waals surface area (Å²) in [7, 11) is -1.02. The Kier molecular flexibility index (Phi) is 4.91. The molecule has 2 rings (SSSR count). The van der Waals surface area contributed by atoms with Crippen molar-refractivity contribution in [3.8, 4) is 0 Å². The van der Waals surface area contributed by atoms with Crippen LogP contribution < -0.4 is 4.72 Å². The second-order valence-corrected chi connectivity index (χ2v) is 11.3. The maximum absolute atomic E-state index is 12.2. The van der Waals surface area contributed by atoms with Crippen LogP contribution in [0.5, 0.6) is 0 Å². The first kappa shape index (κ1) is 18.7. The third-order valence-electron chi connectivity index (χ3n) is 4.65. The Hall–Kier alpha value is -0.620. The Labute approximate surface area is 143 Å². The number of nitrogens with zero attached hydrogens (tertiary/aromatic N) is 1. The van der Waals surface area contributed by atoms with Gasteiger partial charge in [0, 0.05) is 24.5 Å². The maximum atomic E-state index is 12.2. The lowest BCUT2D eigenvalue weighted by molar-refractivity contribution is -0.0997. The van der Waals surface area contributed by atoms with Crippen LogP contribution in [0, 0.1) is 11.3 Å². The first-order valence-electron chi connectivity index (χ1n) is 8.47. The van der Waals surface area contributed by atoms with Crippen molar-refractivity contribution in [2.24, 2.45) is 11.3 Å². The van der Waals surface area contributed by atoms with Gasteiger partial charge in [0.1, 0.15) is 5.60 Å². The fraction of sp³-hybridized carbons (Fsp3) is 0.941. The molecule has 1 saturated carbocycles. The smallest absolute Gasteiger partial charge is 0.410 e. The highest BCUT2D eigenvalue weighted by Crippen LogP contribution is 2.53. The van der Waals surface area contributed by atoms with Crippen molar-refractivity contribution in [1.29, 1.82) is 0 Å². The van der Waals surface area contributed by atoms with Gasteiger partial charge in [0.2, 0.25) is 0 Å². The van der Waals surface area contributed by atoms with E-state index in [4.69, 9.17) is 4.74 Å². The lowest BCUT2D eigenvalue weighted by atomic mass is 9.56. The van der Waals surface area contributed by atoms with E-state index in [1.807, 2.05) is 41.5 Å². The predicted molar refractivity (Wildman–Crippen MR) is 93.5 cm³/mol. The fourth-order valence-electron chi connectivity index (χ4n) is 3.33. The van der Waals surface area contributed by atoms with Gasteiger partial charge in [-0.05, 0) is 67.2 Å². The average molecular weight is 345 g/mol. The summed E-state index contributed by atoms with van der Waals surface area (Å²) in [5, 5.41) is 0. The number of nitrogens with one attached hydrogen (secondary N) is 1. The Balaban J connectivity index is 1.74. The van der Waals surface area contributed by atoms with Crippen LogP contribution in [0.15, 0.2) is 0 Å². The molecule has 1 aliphatic heterocycles. The van der Waals surface area contributed by atoms with E-state index in [2.05, 4.69) is 11.6 Å². The molecule has 0 bridgehead atoms. The van der Waals surface area contributed by atoms with E-state index in [1.54, 1.807) is 4.90 Å². The highest BCUT2D eigenvalue weighted by Gasteiger charge is 2.55. The normalized spacial score (nSPS) is 23.9. The molecule has 0 aromatic rings. The van der Waals surface area contributed by atoms with Crippen LogP contribution in [0.1, 0.15) is 61.3 Å². The Morgan fingerprint density at radius 3 is 2.17 bits per heavy atom. The molecular weight excluding hydrogens is 312 g/mol. The molecule has 6 heteroatoms. The number of hydrogen-bond donors (Lipinski definition) is 1. The monoisotopic (exact) mass is 344 g/mol. The van der Waals surface area contributed by atoms with E-state index in [1.165, 1.54) is 0 Å². The summed E-state index contributed by atoms with van der Waals surface area (Å²) < 4.78 is 20.6. The van der Waals surface area contributed by atoms with Gasteiger partial charge in [0.15, 0.2) is 0 Å². The van der Waals surface area contributed by atoms with Gasteiger partial charge in [-0.3, -0.25) is 0 Å². The minimum atomic E-state index is -1.02. The molecule has 23 heavy (non-hydrogen) atoms. The van der Waals surface area contributed by atoms with Crippen molar-refractivity contribution in [1.82, 2.24) is 9.62 Å². The summed E-state index contributed by atoms with van der Waals surface area (Å²) in [5.74, 6) is 0.544. The zero-order valence-corrected chi connectivity index (χ0v) is 16.4. The van der Waals surface area contributed by atoms with Crippen molar-refractivity contribution < 1.29 is 13.7 Å². The van der Waals surface area contributed by atoms with Crippen LogP contribution in [0.3, 0.4) is 0 Å². The van der Waals surface area contributed by atoms with Crippen LogP contribution >= 0.6 is 0 Å². The second kappa shape index (κ2) is 6.03. The summed E-state index contributed by atoms with van der Waals surface area (Å²) in [6.07, 6.45) is 2.00. The number of carbonyl (C=O) groups excluding carboxylic acids is 1. The highest BCUT2D eigenvalue weighted by atomic mass is 32.2. The topological polar surface area (TPSA) is 58.6 Å². The zero-order chi connectivity index (χ0) is 17.6. The quantitative estimate of drug-likeness (QED) is 0.856. The van der Waals surface area contributed by atoms with Gasteiger partial charge in [0.25, 0.3) is 0 Å². The number of hydrogen-bond acceptors (Lipinski definition) is 3. The number of likely N-dealkylation sites (tertiary alicyclic amines) is 1. The summed E-state index contributed by atoms with van der Waals surface area (Å²) in [6, 6.07) is 0.247. The summed E-state index contributed by atoms with van der Waals surface area (Å²) in [5.41, 5.74) is -0.155. The van der Waals surface area contributed by atoms with Gasteiger partial charge >= 0.3 is 6.09 Å². The van der Waals surface area contributed by atoms with Gasteiger partial charge in [0.05, 0.1) is 15.7 Å². The summed E-state index contributed by atoms with van der Waals surface area (Å²) in [6.45, 7) is 15.3. The maximum Gasteiger partial charge on any atom is 0.410 e. The first-order chi connectivity index (χ1) is 10.3. The van der Waals surface area contributed by atoms with E-state index in [0.717, 1.165) is 25.9 Å². The van der Waals surface area contributed by atoms with Gasteiger partial charge in [-0.15, -0.1) is 0 Å².